The molecule has 0 aliphatic rings. The van der Waals surface area contributed by atoms with Crippen LogP contribution in [0.4, 0.5) is 0 Å². The van der Waals surface area contributed by atoms with Crippen molar-refractivity contribution in [2.24, 2.45) is 0 Å². The van der Waals surface area contributed by atoms with Gasteiger partial charge < -0.3 is 9.47 Å². The van der Waals surface area contributed by atoms with Crippen molar-refractivity contribution < 1.29 is 19.1 Å². The first-order valence-corrected chi connectivity index (χ1v) is 9.01. The van der Waals surface area contributed by atoms with Crippen LogP contribution in [0, 0.1) is 0 Å². The monoisotopic (exact) mass is 420 g/mol. The summed E-state index contributed by atoms with van der Waals surface area (Å²) < 4.78 is 11.3. The average molecular weight is 421 g/mol. The molecule has 0 atom stereocenters. The van der Waals surface area contributed by atoms with Crippen molar-refractivity contribution in [1.29, 1.82) is 0 Å². The van der Waals surface area contributed by atoms with E-state index in [0.29, 0.717) is 33.7 Å². The van der Waals surface area contributed by atoms with Crippen LogP contribution >= 0.6 is 15.9 Å². The SMILES string of the molecule is CCCCOc1ccc(C(=O)NNC(=O)c2ccc(OC)c(Br)c2)cc1. The third kappa shape index (κ3) is 5.49. The Labute approximate surface area is 161 Å². The first kappa shape index (κ1) is 19.8. The van der Waals surface area contributed by atoms with Crippen LogP contribution in [0.2, 0.25) is 0 Å². The van der Waals surface area contributed by atoms with Gasteiger partial charge in [0.05, 0.1) is 18.2 Å². The minimum Gasteiger partial charge on any atom is -0.496 e. The first-order chi connectivity index (χ1) is 12.5. The van der Waals surface area contributed by atoms with Crippen molar-refractivity contribution in [3.8, 4) is 11.5 Å². The van der Waals surface area contributed by atoms with Gasteiger partial charge in [0.2, 0.25) is 0 Å². The summed E-state index contributed by atoms with van der Waals surface area (Å²) in [5.41, 5.74) is 5.59. The van der Waals surface area contributed by atoms with Gasteiger partial charge in [0.15, 0.2) is 0 Å². The molecule has 138 valence electrons. The van der Waals surface area contributed by atoms with E-state index in [1.54, 1.807) is 49.6 Å². The van der Waals surface area contributed by atoms with Gasteiger partial charge in [-0.2, -0.15) is 0 Å². The van der Waals surface area contributed by atoms with Crippen LogP contribution in [-0.2, 0) is 0 Å². The quantitative estimate of drug-likeness (QED) is 0.528. The highest BCUT2D eigenvalue weighted by molar-refractivity contribution is 9.10. The Morgan fingerprint density at radius 2 is 1.62 bits per heavy atom. The Bertz CT molecular complexity index is 763. The summed E-state index contributed by atoms with van der Waals surface area (Å²) in [7, 11) is 1.54. The molecule has 0 saturated heterocycles. The lowest BCUT2D eigenvalue weighted by atomic mass is 10.2. The van der Waals surface area contributed by atoms with Gasteiger partial charge in [-0.25, -0.2) is 0 Å². The van der Waals surface area contributed by atoms with E-state index in [-0.39, 0.29) is 0 Å². The standard InChI is InChI=1S/C19H21BrN2O4/c1-3-4-11-26-15-8-5-13(6-9-15)18(23)21-22-19(24)14-7-10-17(25-2)16(20)12-14/h5-10,12H,3-4,11H2,1-2H3,(H,21,23)(H,22,24). The summed E-state index contributed by atoms with van der Waals surface area (Å²) in [4.78, 5) is 24.2. The summed E-state index contributed by atoms with van der Waals surface area (Å²) in [5.74, 6) is 0.487. The number of ether oxygens (including phenoxy) is 2. The number of benzene rings is 2. The normalized spacial score (nSPS) is 10.1. The number of halogens is 1. The number of hydrazine groups is 1. The van der Waals surface area contributed by atoms with Gasteiger partial charge >= 0.3 is 0 Å². The number of hydrogen-bond acceptors (Lipinski definition) is 4. The van der Waals surface area contributed by atoms with Crippen molar-refractivity contribution in [2.75, 3.05) is 13.7 Å². The third-order valence-corrected chi connectivity index (χ3v) is 4.21. The van der Waals surface area contributed by atoms with Gasteiger partial charge in [0.25, 0.3) is 11.8 Å². The van der Waals surface area contributed by atoms with Gasteiger partial charge in [-0.05, 0) is 64.8 Å². The summed E-state index contributed by atoms with van der Waals surface area (Å²) in [6.07, 6.45) is 2.04. The second-order valence-corrected chi connectivity index (χ2v) is 6.34. The number of carbonyl (C=O) groups is 2. The lowest BCUT2D eigenvalue weighted by molar-refractivity contribution is 0.0846. The zero-order valence-corrected chi connectivity index (χ0v) is 16.3. The van der Waals surface area contributed by atoms with Gasteiger partial charge in [-0.15, -0.1) is 0 Å². The third-order valence-electron chi connectivity index (χ3n) is 3.59. The molecule has 0 aromatic heterocycles. The zero-order chi connectivity index (χ0) is 18.9. The van der Waals surface area contributed by atoms with Crippen LogP contribution in [0.5, 0.6) is 11.5 Å². The molecule has 6 nitrogen and oxygen atoms in total. The molecule has 2 rings (SSSR count). The molecule has 0 aliphatic carbocycles. The molecule has 0 spiro atoms. The second-order valence-electron chi connectivity index (χ2n) is 5.48. The Morgan fingerprint density at radius 3 is 2.19 bits per heavy atom. The fourth-order valence-electron chi connectivity index (χ4n) is 2.10. The molecule has 0 fully saturated rings. The van der Waals surface area contributed by atoms with Crippen molar-refractivity contribution >= 4 is 27.7 Å². The number of rotatable bonds is 7. The molecule has 0 saturated carbocycles. The van der Waals surface area contributed by atoms with Crippen molar-refractivity contribution in [2.45, 2.75) is 19.8 Å². The number of nitrogens with one attached hydrogen (secondary N) is 2. The van der Waals surface area contributed by atoms with Gasteiger partial charge in [0, 0.05) is 11.1 Å². The lowest BCUT2D eigenvalue weighted by Gasteiger charge is -2.10. The molecule has 2 amide bonds. The highest BCUT2D eigenvalue weighted by Gasteiger charge is 2.11. The lowest BCUT2D eigenvalue weighted by Crippen LogP contribution is -2.41. The molecular formula is C19H21BrN2O4. The summed E-state index contributed by atoms with van der Waals surface area (Å²) >= 11 is 3.32. The number of hydrogen-bond donors (Lipinski definition) is 2. The predicted molar refractivity (Wildman–Crippen MR) is 102 cm³/mol. The Morgan fingerprint density at radius 1 is 1.00 bits per heavy atom. The van der Waals surface area contributed by atoms with E-state index in [9.17, 15) is 9.59 Å². The maximum absolute atomic E-state index is 12.1. The van der Waals surface area contributed by atoms with E-state index in [2.05, 4.69) is 33.7 Å². The minimum absolute atomic E-state index is 0.387. The highest BCUT2D eigenvalue weighted by Crippen LogP contribution is 2.25. The molecule has 0 radical (unpaired) electrons. The fourth-order valence-corrected chi connectivity index (χ4v) is 2.64. The molecule has 2 N–H and O–H groups in total. The van der Waals surface area contributed by atoms with Crippen LogP contribution in [0.15, 0.2) is 46.9 Å². The molecule has 7 heteroatoms. The Balaban J connectivity index is 1.89. The van der Waals surface area contributed by atoms with Crippen LogP contribution in [0.3, 0.4) is 0 Å². The average Bonchev–Trinajstić information content (AvgIpc) is 2.66. The van der Waals surface area contributed by atoms with Gasteiger partial charge in [0.1, 0.15) is 11.5 Å². The topological polar surface area (TPSA) is 76.7 Å². The molecule has 0 aliphatic heterocycles. The molecule has 0 heterocycles. The Hall–Kier alpha value is -2.54. The largest absolute Gasteiger partial charge is 0.496 e. The van der Waals surface area contributed by atoms with Crippen molar-refractivity contribution in [3.05, 3.63) is 58.1 Å². The van der Waals surface area contributed by atoms with E-state index in [0.717, 1.165) is 12.8 Å². The number of methoxy groups -OCH3 is 1. The maximum atomic E-state index is 12.1. The predicted octanol–water partition coefficient (Wildman–Crippen LogP) is 3.71. The summed E-state index contributed by atoms with van der Waals surface area (Å²) in [6.45, 7) is 2.74. The molecule has 2 aromatic rings. The van der Waals surface area contributed by atoms with E-state index in [1.165, 1.54) is 0 Å². The van der Waals surface area contributed by atoms with Crippen LogP contribution in [-0.4, -0.2) is 25.5 Å². The Kier molecular flexibility index (Phi) is 7.47. The smallest absolute Gasteiger partial charge is 0.269 e. The molecule has 0 bridgehead atoms. The van der Waals surface area contributed by atoms with Gasteiger partial charge in [-0.1, -0.05) is 13.3 Å². The summed E-state index contributed by atoms with van der Waals surface area (Å²) in [5, 5.41) is 0. The van der Waals surface area contributed by atoms with Crippen LogP contribution in [0.25, 0.3) is 0 Å². The van der Waals surface area contributed by atoms with E-state index in [4.69, 9.17) is 9.47 Å². The van der Waals surface area contributed by atoms with E-state index < -0.39 is 11.8 Å². The van der Waals surface area contributed by atoms with Crippen LogP contribution < -0.4 is 20.3 Å². The zero-order valence-electron chi connectivity index (χ0n) is 14.7. The number of unbranched alkanes of at least 4 members (excludes halogenated alkanes) is 1. The molecule has 0 unspecified atom stereocenters. The fraction of sp³-hybridized carbons (Fsp3) is 0.263. The molecule has 2 aromatic carbocycles. The van der Waals surface area contributed by atoms with Crippen molar-refractivity contribution in [1.82, 2.24) is 10.9 Å². The van der Waals surface area contributed by atoms with E-state index in [1.807, 2.05) is 0 Å². The summed E-state index contributed by atoms with van der Waals surface area (Å²) in [6, 6.07) is 11.6. The van der Waals surface area contributed by atoms with Gasteiger partial charge in [-0.3, -0.25) is 20.4 Å². The van der Waals surface area contributed by atoms with Crippen LogP contribution in [0.1, 0.15) is 40.5 Å². The second kappa shape index (κ2) is 9.82. The minimum atomic E-state index is -0.429. The number of carbonyl (C=O) groups excluding carboxylic acids is 2. The maximum Gasteiger partial charge on any atom is 0.269 e. The molecule has 26 heavy (non-hydrogen) atoms. The highest BCUT2D eigenvalue weighted by atomic mass is 79.9. The number of amides is 2. The van der Waals surface area contributed by atoms with Crippen molar-refractivity contribution in [3.63, 3.8) is 0 Å². The van der Waals surface area contributed by atoms with E-state index >= 15 is 0 Å². The first-order valence-electron chi connectivity index (χ1n) is 8.22. The molecular weight excluding hydrogens is 400 g/mol.